The SMILES string of the molecule is Cc1nc(-c2ccccc2OCC(C)C)ccc1CC#N. The first-order chi connectivity index (χ1) is 10.1. The standard InChI is InChI=1S/C18H20N2O/c1-13(2)12-21-18-7-5-4-6-16(18)17-9-8-15(10-11-19)14(3)20-17/h4-9,13H,10,12H2,1-3H3. The molecule has 0 bridgehead atoms. The second-order valence-corrected chi connectivity index (χ2v) is 5.48. The van der Waals surface area contributed by atoms with Crippen LogP contribution >= 0.6 is 0 Å². The number of para-hydroxylation sites is 1. The molecule has 21 heavy (non-hydrogen) atoms. The normalized spacial score (nSPS) is 10.4. The van der Waals surface area contributed by atoms with E-state index in [1.54, 1.807) is 0 Å². The Hall–Kier alpha value is -2.34. The molecule has 1 aromatic carbocycles. The number of ether oxygens (including phenoxy) is 1. The van der Waals surface area contributed by atoms with Crippen LogP contribution in [-0.4, -0.2) is 11.6 Å². The molecule has 0 fully saturated rings. The lowest BCUT2D eigenvalue weighted by molar-refractivity contribution is 0.272. The fourth-order valence-corrected chi connectivity index (χ4v) is 2.07. The van der Waals surface area contributed by atoms with Gasteiger partial charge in [-0.2, -0.15) is 5.26 Å². The van der Waals surface area contributed by atoms with Crippen molar-refractivity contribution >= 4 is 0 Å². The lowest BCUT2D eigenvalue weighted by Gasteiger charge is -2.13. The third-order valence-electron chi connectivity index (χ3n) is 3.20. The predicted molar refractivity (Wildman–Crippen MR) is 84.1 cm³/mol. The molecule has 0 saturated carbocycles. The molecule has 0 unspecified atom stereocenters. The summed E-state index contributed by atoms with van der Waals surface area (Å²) in [6.07, 6.45) is 0.393. The van der Waals surface area contributed by atoms with Gasteiger partial charge in [-0.15, -0.1) is 0 Å². The lowest BCUT2D eigenvalue weighted by Crippen LogP contribution is -2.05. The maximum Gasteiger partial charge on any atom is 0.128 e. The van der Waals surface area contributed by atoms with E-state index in [9.17, 15) is 0 Å². The Morgan fingerprint density at radius 3 is 2.62 bits per heavy atom. The zero-order chi connectivity index (χ0) is 15.2. The molecule has 1 heterocycles. The maximum absolute atomic E-state index is 8.80. The maximum atomic E-state index is 8.80. The molecule has 0 saturated heterocycles. The first-order valence-corrected chi connectivity index (χ1v) is 7.17. The smallest absolute Gasteiger partial charge is 0.128 e. The quantitative estimate of drug-likeness (QED) is 0.826. The second kappa shape index (κ2) is 6.90. The number of pyridine rings is 1. The summed E-state index contributed by atoms with van der Waals surface area (Å²) in [4.78, 5) is 4.62. The van der Waals surface area contributed by atoms with Crippen molar-refractivity contribution in [1.29, 1.82) is 5.26 Å². The Labute approximate surface area is 126 Å². The van der Waals surface area contributed by atoms with E-state index in [4.69, 9.17) is 10.00 Å². The molecule has 0 N–H and O–H groups in total. The monoisotopic (exact) mass is 280 g/mol. The van der Waals surface area contributed by atoms with Gasteiger partial charge >= 0.3 is 0 Å². The number of hydrogen-bond acceptors (Lipinski definition) is 3. The third-order valence-corrected chi connectivity index (χ3v) is 3.20. The molecule has 0 aliphatic heterocycles. The first kappa shape index (κ1) is 15.1. The average molecular weight is 280 g/mol. The van der Waals surface area contributed by atoms with Gasteiger partial charge in [0.15, 0.2) is 0 Å². The highest BCUT2D eigenvalue weighted by atomic mass is 16.5. The molecule has 0 amide bonds. The Balaban J connectivity index is 2.33. The topological polar surface area (TPSA) is 45.9 Å². The summed E-state index contributed by atoms with van der Waals surface area (Å²) in [5, 5.41) is 8.80. The minimum Gasteiger partial charge on any atom is -0.493 e. The molecule has 0 spiro atoms. The van der Waals surface area contributed by atoms with Crippen LogP contribution in [0.4, 0.5) is 0 Å². The van der Waals surface area contributed by atoms with Crippen LogP contribution in [0, 0.1) is 24.2 Å². The van der Waals surface area contributed by atoms with Crippen LogP contribution in [0.25, 0.3) is 11.3 Å². The fourth-order valence-electron chi connectivity index (χ4n) is 2.07. The number of aryl methyl sites for hydroxylation is 1. The van der Waals surface area contributed by atoms with E-state index in [2.05, 4.69) is 24.9 Å². The van der Waals surface area contributed by atoms with Crippen molar-refractivity contribution in [2.75, 3.05) is 6.61 Å². The van der Waals surface area contributed by atoms with Crippen LogP contribution in [0.3, 0.4) is 0 Å². The van der Waals surface area contributed by atoms with Gasteiger partial charge in [0.25, 0.3) is 0 Å². The molecular weight excluding hydrogens is 260 g/mol. The van der Waals surface area contributed by atoms with Gasteiger partial charge in [0.1, 0.15) is 5.75 Å². The van der Waals surface area contributed by atoms with Gasteiger partial charge in [-0.25, -0.2) is 0 Å². The van der Waals surface area contributed by atoms with E-state index >= 15 is 0 Å². The number of aromatic nitrogens is 1. The van der Waals surface area contributed by atoms with Crippen molar-refractivity contribution in [3.8, 4) is 23.1 Å². The Kier molecular flexibility index (Phi) is 4.94. The van der Waals surface area contributed by atoms with Gasteiger partial charge in [-0.3, -0.25) is 4.98 Å². The minimum atomic E-state index is 0.393. The Morgan fingerprint density at radius 1 is 1.19 bits per heavy atom. The summed E-state index contributed by atoms with van der Waals surface area (Å²) in [5.41, 5.74) is 3.74. The van der Waals surface area contributed by atoms with Crippen molar-refractivity contribution in [3.63, 3.8) is 0 Å². The van der Waals surface area contributed by atoms with Gasteiger partial charge in [-0.05, 0) is 36.6 Å². The molecule has 0 atom stereocenters. The summed E-state index contributed by atoms with van der Waals surface area (Å²) in [7, 11) is 0. The summed E-state index contributed by atoms with van der Waals surface area (Å²) in [6, 6.07) is 14.0. The molecule has 0 radical (unpaired) electrons. The van der Waals surface area contributed by atoms with E-state index in [1.165, 1.54) is 0 Å². The van der Waals surface area contributed by atoms with E-state index in [-0.39, 0.29) is 0 Å². The van der Waals surface area contributed by atoms with Crippen molar-refractivity contribution in [2.45, 2.75) is 27.2 Å². The van der Waals surface area contributed by atoms with Gasteiger partial charge < -0.3 is 4.74 Å². The largest absolute Gasteiger partial charge is 0.493 e. The first-order valence-electron chi connectivity index (χ1n) is 7.17. The van der Waals surface area contributed by atoms with E-state index in [0.29, 0.717) is 18.9 Å². The second-order valence-electron chi connectivity index (χ2n) is 5.48. The average Bonchev–Trinajstić information content (AvgIpc) is 2.48. The third kappa shape index (κ3) is 3.82. The zero-order valence-electron chi connectivity index (χ0n) is 12.8. The summed E-state index contributed by atoms with van der Waals surface area (Å²) in [5.74, 6) is 1.33. The summed E-state index contributed by atoms with van der Waals surface area (Å²) >= 11 is 0. The van der Waals surface area contributed by atoms with Crippen LogP contribution in [0.5, 0.6) is 5.75 Å². The fraction of sp³-hybridized carbons (Fsp3) is 0.333. The lowest BCUT2D eigenvalue weighted by atomic mass is 10.1. The number of benzene rings is 1. The molecule has 108 valence electrons. The van der Waals surface area contributed by atoms with Crippen LogP contribution in [0.1, 0.15) is 25.1 Å². The number of hydrogen-bond donors (Lipinski definition) is 0. The van der Waals surface area contributed by atoms with Gasteiger partial charge in [0, 0.05) is 11.3 Å². The summed E-state index contributed by atoms with van der Waals surface area (Å²) < 4.78 is 5.88. The van der Waals surface area contributed by atoms with Crippen LogP contribution in [0.15, 0.2) is 36.4 Å². The predicted octanol–water partition coefficient (Wildman–Crippen LogP) is 4.16. The molecule has 1 aromatic heterocycles. The molecule has 2 rings (SSSR count). The highest BCUT2D eigenvalue weighted by Crippen LogP contribution is 2.29. The highest BCUT2D eigenvalue weighted by molar-refractivity contribution is 5.67. The number of nitrogens with zero attached hydrogens (tertiary/aromatic N) is 2. The molecule has 0 aliphatic rings. The van der Waals surface area contributed by atoms with Crippen LogP contribution in [-0.2, 0) is 6.42 Å². The summed E-state index contributed by atoms with van der Waals surface area (Å²) in [6.45, 7) is 6.87. The van der Waals surface area contributed by atoms with Crippen molar-refractivity contribution in [3.05, 3.63) is 47.7 Å². The van der Waals surface area contributed by atoms with E-state index in [1.807, 2.05) is 43.3 Å². The van der Waals surface area contributed by atoms with Gasteiger partial charge in [0.2, 0.25) is 0 Å². The van der Waals surface area contributed by atoms with Crippen molar-refractivity contribution in [2.24, 2.45) is 5.92 Å². The van der Waals surface area contributed by atoms with Crippen molar-refractivity contribution < 1.29 is 4.74 Å². The van der Waals surface area contributed by atoms with E-state index < -0.39 is 0 Å². The Bertz CT molecular complexity index is 657. The Morgan fingerprint density at radius 2 is 1.95 bits per heavy atom. The van der Waals surface area contributed by atoms with Gasteiger partial charge in [-0.1, -0.05) is 32.0 Å². The van der Waals surface area contributed by atoms with Crippen molar-refractivity contribution in [1.82, 2.24) is 4.98 Å². The minimum absolute atomic E-state index is 0.393. The molecule has 3 nitrogen and oxygen atoms in total. The number of nitriles is 1. The molecular formula is C18H20N2O. The molecule has 0 aliphatic carbocycles. The number of rotatable bonds is 5. The molecule has 2 aromatic rings. The molecule has 3 heteroatoms. The van der Waals surface area contributed by atoms with Crippen LogP contribution in [0.2, 0.25) is 0 Å². The highest BCUT2D eigenvalue weighted by Gasteiger charge is 2.09. The van der Waals surface area contributed by atoms with Crippen LogP contribution < -0.4 is 4.74 Å². The van der Waals surface area contributed by atoms with Gasteiger partial charge in [0.05, 0.1) is 24.8 Å². The van der Waals surface area contributed by atoms with E-state index in [0.717, 1.165) is 28.3 Å². The zero-order valence-corrected chi connectivity index (χ0v) is 12.8.